The molecule has 0 saturated carbocycles. The molecule has 0 amide bonds. The van der Waals surface area contributed by atoms with Gasteiger partial charge >= 0.3 is 0 Å². The predicted octanol–water partition coefficient (Wildman–Crippen LogP) is 9.50. The van der Waals surface area contributed by atoms with Crippen molar-refractivity contribution in [1.82, 2.24) is 0 Å². The fraction of sp³-hybridized carbons (Fsp3) is 0.227. The first kappa shape index (κ1) is 29.8. The maximum Gasteiger partial charge on any atom is 0.178 e. The van der Waals surface area contributed by atoms with Crippen LogP contribution >= 0.6 is 0 Å². The molecule has 2 aliphatic heterocycles. The molecular formula is C44H39NO4. The zero-order valence-electron chi connectivity index (χ0n) is 28.4. The lowest BCUT2D eigenvalue weighted by Gasteiger charge is -2.38. The highest BCUT2D eigenvalue weighted by molar-refractivity contribution is 6.13. The highest BCUT2D eigenvalue weighted by Gasteiger charge is 2.45. The fourth-order valence-electron chi connectivity index (χ4n) is 8.47. The second-order valence-electron chi connectivity index (χ2n) is 13.8. The molecule has 6 aromatic rings. The smallest absolute Gasteiger partial charge is 0.178 e. The van der Waals surface area contributed by atoms with E-state index < -0.39 is 5.60 Å². The maximum atomic E-state index is 7.54. The van der Waals surface area contributed by atoms with Crippen molar-refractivity contribution in [2.75, 3.05) is 45.4 Å². The van der Waals surface area contributed by atoms with Crippen LogP contribution in [0.3, 0.4) is 0 Å². The minimum atomic E-state index is -0.835. The van der Waals surface area contributed by atoms with Crippen molar-refractivity contribution >= 4 is 33.3 Å². The van der Waals surface area contributed by atoms with E-state index in [0.29, 0.717) is 0 Å². The molecule has 0 aromatic heterocycles. The molecule has 9 rings (SSSR count). The molecule has 0 spiro atoms. The molecule has 0 bridgehead atoms. The molecule has 0 radical (unpaired) electrons. The van der Waals surface area contributed by atoms with Crippen LogP contribution in [0.1, 0.15) is 41.7 Å². The molecule has 1 saturated heterocycles. The van der Waals surface area contributed by atoms with E-state index in [-0.39, 0.29) is 5.41 Å². The fourth-order valence-corrected chi connectivity index (χ4v) is 8.47. The van der Waals surface area contributed by atoms with Crippen molar-refractivity contribution in [2.45, 2.75) is 24.9 Å². The summed E-state index contributed by atoms with van der Waals surface area (Å²) in [6.45, 7) is 7.95. The number of nitrogens with zero attached hydrogens (tertiary/aromatic N) is 1. The van der Waals surface area contributed by atoms with E-state index in [9.17, 15) is 0 Å². The van der Waals surface area contributed by atoms with Gasteiger partial charge in [0.15, 0.2) is 5.60 Å². The number of anilines is 1. The lowest BCUT2D eigenvalue weighted by Crippen LogP contribution is -2.37. The Bertz CT molecular complexity index is 2280. The van der Waals surface area contributed by atoms with E-state index in [1.165, 1.54) is 33.3 Å². The van der Waals surface area contributed by atoms with Crippen LogP contribution in [0.4, 0.5) is 5.69 Å². The second-order valence-corrected chi connectivity index (χ2v) is 13.8. The molecule has 1 fully saturated rings. The van der Waals surface area contributed by atoms with Gasteiger partial charge in [0.1, 0.15) is 17.2 Å². The van der Waals surface area contributed by atoms with Gasteiger partial charge in [0.25, 0.3) is 0 Å². The molecule has 0 N–H and O–H groups in total. The molecule has 2 heterocycles. The minimum Gasteiger partial charge on any atom is -0.497 e. The minimum absolute atomic E-state index is 0.307. The van der Waals surface area contributed by atoms with Crippen molar-refractivity contribution in [2.24, 2.45) is 0 Å². The van der Waals surface area contributed by atoms with Crippen molar-refractivity contribution in [3.8, 4) is 28.4 Å². The van der Waals surface area contributed by atoms with E-state index in [4.69, 9.17) is 18.9 Å². The lowest BCUT2D eigenvalue weighted by molar-refractivity contribution is 0.122. The molecule has 3 aliphatic rings. The highest BCUT2D eigenvalue weighted by Crippen LogP contribution is 2.60. The van der Waals surface area contributed by atoms with Gasteiger partial charge in [-0.25, -0.2) is 0 Å². The van der Waals surface area contributed by atoms with Gasteiger partial charge in [-0.3, -0.25) is 0 Å². The Labute approximate surface area is 287 Å². The van der Waals surface area contributed by atoms with Crippen LogP contribution in [0.5, 0.6) is 17.2 Å². The molecule has 6 aromatic carbocycles. The van der Waals surface area contributed by atoms with Gasteiger partial charge in [-0.2, -0.15) is 0 Å². The highest BCUT2D eigenvalue weighted by atomic mass is 16.5. The van der Waals surface area contributed by atoms with Gasteiger partial charge in [0, 0.05) is 51.7 Å². The first-order valence-corrected chi connectivity index (χ1v) is 17.1. The summed E-state index contributed by atoms with van der Waals surface area (Å²) in [6, 6.07) is 36.7. The molecular weight excluding hydrogens is 606 g/mol. The van der Waals surface area contributed by atoms with Gasteiger partial charge in [-0.05, 0) is 81.6 Å². The molecule has 1 aliphatic carbocycles. The summed E-state index contributed by atoms with van der Waals surface area (Å²) in [7, 11) is 3.50. The quantitative estimate of drug-likeness (QED) is 0.187. The summed E-state index contributed by atoms with van der Waals surface area (Å²) in [5.74, 6) is 2.59. The number of methoxy groups -OCH3 is 2. The van der Waals surface area contributed by atoms with E-state index in [2.05, 4.69) is 128 Å². The molecule has 1 unspecified atom stereocenters. The number of hydrogen-bond donors (Lipinski definition) is 0. The number of fused-ring (bicyclic) bond motifs is 10. The Hall–Kier alpha value is -5.26. The number of morpholine rings is 1. The summed E-state index contributed by atoms with van der Waals surface area (Å²) in [5, 5.41) is 4.49. The molecule has 49 heavy (non-hydrogen) atoms. The van der Waals surface area contributed by atoms with Gasteiger partial charge in [0.2, 0.25) is 0 Å². The van der Waals surface area contributed by atoms with Crippen LogP contribution in [-0.4, -0.2) is 40.5 Å². The molecule has 1 atom stereocenters. The van der Waals surface area contributed by atoms with Gasteiger partial charge in [-0.15, -0.1) is 0 Å². The van der Waals surface area contributed by atoms with Crippen molar-refractivity contribution in [3.05, 3.63) is 137 Å². The van der Waals surface area contributed by atoms with Crippen LogP contribution in [0.25, 0.3) is 38.7 Å². The zero-order chi connectivity index (χ0) is 33.3. The number of benzene rings is 6. The lowest BCUT2D eigenvalue weighted by atomic mass is 9.78. The summed E-state index contributed by atoms with van der Waals surface area (Å²) in [4.78, 5) is 2.39. The van der Waals surface area contributed by atoms with Crippen LogP contribution in [0, 0.1) is 0 Å². The number of rotatable bonds is 5. The van der Waals surface area contributed by atoms with Crippen molar-refractivity contribution in [3.63, 3.8) is 0 Å². The third kappa shape index (κ3) is 4.35. The third-order valence-electron chi connectivity index (χ3n) is 10.9. The molecule has 5 nitrogen and oxygen atoms in total. The van der Waals surface area contributed by atoms with E-state index in [1.54, 1.807) is 14.2 Å². The Balaban J connectivity index is 1.33. The van der Waals surface area contributed by atoms with Crippen LogP contribution in [-0.2, 0) is 15.8 Å². The number of ether oxygens (including phenoxy) is 4. The Morgan fingerprint density at radius 3 is 2.12 bits per heavy atom. The van der Waals surface area contributed by atoms with E-state index in [0.717, 1.165) is 76.4 Å². The standard InChI is InChI=1S/C44H39NO4/c1-43(2)37-27-38(47-4)32-12-8-9-13-33(32)39(37)40-35-20-21-44(28-10-6-5-7-11-28,29-14-16-30(17-15-29)45-22-24-48-25-23-45)49-42(35)34-19-18-31(46-3)26-36(34)41(40)43/h5-21,26-27H,22-25H2,1-4H3. The second kappa shape index (κ2) is 11.1. The monoisotopic (exact) mass is 645 g/mol. The first-order valence-electron chi connectivity index (χ1n) is 17.1. The Kier molecular flexibility index (Phi) is 6.79. The first-order chi connectivity index (χ1) is 23.9. The maximum absolute atomic E-state index is 7.54. The average molecular weight is 646 g/mol. The van der Waals surface area contributed by atoms with E-state index >= 15 is 0 Å². The van der Waals surface area contributed by atoms with Crippen LogP contribution in [0.2, 0.25) is 0 Å². The predicted molar refractivity (Wildman–Crippen MR) is 198 cm³/mol. The zero-order valence-corrected chi connectivity index (χ0v) is 28.4. The number of hydrogen-bond acceptors (Lipinski definition) is 5. The normalized spacial score (nSPS) is 18.9. The van der Waals surface area contributed by atoms with Crippen LogP contribution in [0.15, 0.2) is 109 Å². The van der Waals surface area contributed by atoms with Gasteiger partial charge in [-0.1, -0.05) is 80.6 Å². The topological polar surface area (TPSA) is 40.2 Å². The largest absolute Gasteiger partial charge is 0.497 e. The Morgan fingerprint density at radius 2 is 1.39 bits per heavy atom. The van der Waals surface area contributed by atoms with Gasteiger partial charge < -0.3 is 23.8 Å². The SMILES string of the molecule is COc1ccc2c3c(c4c(c2c1)C(C)(C)c1cc(OC)c2ccccc2c1-4)C=CC(c1ccccc1)(c1ccc(N2CCOCC2)cc1)O3. The molecule has 5 heteroatoms. The summed E-state index contributed by atoms with van der Waals surface area (Å²) < 4.78 is 25.0. The summed E-state index contributed by atoms with van der Waals surface area (Å²) >= 11 is 0. The van der Waals surface area contributed by atoms with Gasteiger partial charge in [0.05, 0.1) is 27.4 Å². The van der Waals surface area contributed by atoms with Crippen LogP contribution < -0.4 is 19.1 Å². The third-order valence-corrected chi connectivity index (χ3v) is 10.9. The molecule has 244 valence electrons. The summed E-state index contributed by atoms with van der Waals surface area (Å²) in [6.07, 6.45) is 4.58. The van der Waals surface area contributed by atoms with E-state index in [1.807, 2.05) is 6.07 Å². The summed E-state index contributed by atoms with van der Waals surface area (Å²) in [5.41, 5.74) is 8.31. The Morgan fingerprint density at radius 1 is 0.673 bits per heavy atom. The van der Waals surface area contributed by atoms with Crippen molar-refractivity contribution < 1.29 is 18.9 Å². The van der Waals surface area contributed by atoms with Crippen molar-refractivity contribution in [1.29, 1.82) is 0 Å². The average Bonchev–Trinajstić information content (AvgIpc) is 3.41.